The molecule has 1 aromatic rings. The number of hydrogen-bond acceptors (Lipinski definition) is 4. The zero-order valence-electron chi connectivity index (χ0n) is 13.4. The summed E-state index contributed by atoms with van der Waals surface area (Å²) in [6.45, 7) is 10.5. The summed E-state index contributed by atoms with van der Waals surface area (Å²) in [5, 5.41) is 3.34. The summed E-state index contributed by atoms with van der Waals surface area (Å²) in [7, 11) is -3.35. The third-order valence-corrected chi connectivity index (χ3v) is 7.88. The normalized spacial score (nSPS) is 19.2. The number of nitrogens with zero attached hydrogens (tertiary/aromatic N) is 1. The quantitative estimate of drug-likeness (QED) is 0.815. The van der Waals surface area contributed by atoms with E-state index in [4.69, 9.17) is 0 Å². The monoisotopic (exact) mass is 330 g/mol. The van der Waals surface area contributed by atoms with Gasteiger partial charge in [-0.25, -0.2) is 8.42 Å². The van der Waals surface area contributed by atoms with Crippen molar-refractivity contribution in [1.82, 2.24) is 9.62 Å². The number of thiophene rings is 1. The number of hydrogen-bond donors (Lipinski definition) is 1. The van der Waals surface area contributed by atoms with Crippen molar-refractivity contribution in [3.63, 3.8) is 0 Å². The van der Waals surface area contributed by atoms with Crippen molar-refractivity contribution in [1.29, 1.82) is 0 Å². The van der Waals surface area contributed by atoms with Crippen LogP contribution in [0.25, 0.3) is 0 Å². The second-order valence-corrected chi connectivity index (χ2v) is 9.57. The topological polar surface area (TPSA) is 49.4 Å². The molecule has 0 spiro atoms. The summed E-state index contributed by atoms with van der Waals surface area (Å²) in [6, 6.07) is 1.83. The minimum absolute atomic E-state index is 0.267. The molecule has 21 heavy (non-hydrogen) atoms. The lowest BCUT2D eigenvalue weighted by molar-refractivity contribution is 0.292. The van der Waals surface area contributed by atoms with Gasteiger partial charge in [-0.1, -0.05) is 6.92 Å². The summed E-state index contributed by atoms with van der Waals surface area (Å²) in [5.74, 6) is 0. The van der Waals surface area contributed by atoms with Gasteiger partial charge in [0.2, 0.25) is 0 Å². The number of aryl methyl sites for hydroxylation is 1. The molecule has 120 valence electrons. The highest BCUT2D eigenvalue weighted by atomic mass is 32.2. The van der Waals surface area contributed by atoms with Gasteiger partial charge in [-0.05, 0) is 58.2 Å². The van der Waals surface area contributed by atoms with Crippen molar-refractivity contribution in [2.24, 2.45) is 0 Å². The number of sulfonamides is 1. The average Bonchev–Trinajstić information content (AvgIpc) is 2.93. The van der Waals surface area contributed by atoms with E-state index < -0.39 is 10.0 Å². The van der Waals surface area contributed by atoms with Crippen LogP contribution in [0.4, 0.5) is 0 Å². The molecular formula is C15H26N2O2S2. The Morgan fingerprint density at radius 3 is 2.71 bits per heavy atom. The lowest BCUT2D eigenvalue weighted by Crippen LogP contribution is -2.42. The molecule has 1 saturated heterocycles. The molecule has 1 aliphatic heterocycles. The molecule has 0 bridgehead atoms. The van der Waals surface area contributed by atoms with Crippen LogP contribution in [0, 0.1) is 6.92 Å². The molecule has 0 atom stereocenters. The van der Waals surface area contributed by atoms with Crippen LogP contribution in [0.15, 0.2) is 10.3 Å². The Balaban J connectivity index is 2.23. The highest BCUT2D eigenvalue weighted by Crippen LogP contribution is 2.37. The maximum absolute atomic E-state index is 12.9. The third kappa shape index (κ3) is 3.50. The Morgan fingerprint density at radius 2 is 2.14 bits per heavy atom. The summed E-state index contributed by atoms with van der Waals surface area (Å²) < 4.78 is 27.9. The number of nitrogens with one attached hydrogen (secondary N) is 1. The first-order valence-electron chi connectivity index (χ1n) is 7.62. The van der Waals surface area contributed by atoms with Crippen LogP contribution in [0.1, 0.15) is 50.5 Å². The van der Waals surface area contributed by atoms with Gasteiger partial charge in [-0.2, -0.15) is 4.31 Å². The van der Waals surface area contributed by atoms with E-state index in [9.17, 15) is 8.42 Å². The van der Waals surface area contributed by atoms with Gasteiger partial charge in [0, 0.05) is 23.5 Å². The van der Waals surface area contributed by atoms with Crippen molar-refractivity contribution >= 4 is 21.4 Å². The van der Waals surface area contributed by atoms with Gasteiger partial charge in [-0.3, -0.25) is 0 Å². The van der Waals surface area contributed by atoms with E-state index in [1.54, 1.807) is 4.31 Å². The molecular weight excluding hydrogens is 304 g/mol. The zero-order valence-corrected chi connectivity index (χ0v) is 15.0. The molecule has 1 aliphatic rings. The van der Waals surface area contributed by atoms with Gasteiger partial charge in [0.1, 0.15) is 4.21 Å². The molecule has 2 heterocycles. The van der Waals surface area contributed by atoms with Crippen molar-refractivity contribution in [3.05, 3.63) is 16.5 Å². The molecule has 0 aromatic carbocycles. The second-order valence-electron chi connectivity index (χ2n) is 6.34. The summed E-state index contributed by atoms with van der Waals surface area (Å²) in [5.41, 5.74) is 0.802. The van der Waals surface area contributed by atoms with E-state index in [1.807, 2.05) is 26.8 Å². The minimum Gasteiger partial charge on any atom is -0.312 e. The maximum atomic E-state index is 12.9. The zero-order chi connectivity index (χ0) is 15.7. The van der Waals surface area contributed by atoms with Crippen LogP contribution in [0.3, 0.4) is 0 Å². The van der Waals surface area contributed by atoms with E-state index >= 15 is 0 Å². The van der Waals surface area contributed by atoms with Gasteiger partial charge >= 0.3 is 0 Å². The van der Waals surface area contributed by atoms with Gasteiger partial charge in [-0.15, -0.1) is 11.3 Å². The minimum atomic E-state index is -3.35. The Kier molecular flexibility index (Phi) is 5.13. The predicted octanol–water partition coefficient (Wildman–Crippen LogP) is 3.12. The largest absolute Gasteiger partial charge is 0.312 e. The van der Waals surface area contributed by atoms with Gasteiger partial charge < -0.3 is 5.32 Å². The molecule has 4 nitrogen and oxygen atoms in total. The SMILES string of the molecule is CCCNCc1sc(S(=O)(=O)N2CCCC2(C)C)cc1C. The third-order valence-electron chi connectivity index (χ3n) is 4.08. The van der Waals surface area contributed by atoms with Crippen molar-refractivity contribution in [2.75, 3.05) is 13.1 Å². The molecule has 2 rings (SSSR count). The fraction of sp³-hybridized carbons (Fsp3) is 0.733. The summed E-state index contributed by atoms with van der Waals surface area (Å²) in [4.78, 5) is 1.12. The maximum Gasteiger partial charge on any atom is 0.253 e. The lowest BCUT2D eigenvalue weighted by atomic mass is 10.0. The fourth-order valence-electron chi connectivity index (χ4n) is 2.81. The Labute approximate surface area is 132 Å². The Morgan fingerprint density at radius 1 is 1.43 bits per heavy atom. The first-order chi connectivity index (χ1) is 9.79. The lowest BCUT2D eigenvalue weighted by Gasteiger charge is -2.29. The van der Waals surface area contributed by atoms with Gasteiger partial charge in [0.25, 0.3) is 10.0 Å². The molecule has 1 fully saturated rings. The predicted molar refractivity (Wildman–Crippen MR) is 88.3 cm³/mol. The highest BCUT2D eigenvalue weighted by Gasteiger charge is 2.41. The van der Waals surface area contributed by atoms with E-state index in [1.165, 1.54) is 11.3 Å². The van der Waals surface area contributed by atoms with E-state index in [-0.39, 0.29) is 5.54 Å². The Bertz CT molecular complexity index is 591. The molecule has 1 aromatic heterocycles. The smallest absolute Gasteiger partial charge is 0.253 e. The van der Waals surface area contributed by atoms with E-state index in [2.05, 4.69) is 12.2 Å². The van der Waals surface area contributed by atoms with Crippen LogP contribution in [0.5, 0.6) is 0 Å². The van der Waals surface area contributed by atoms with Crippen molar-refractivity contribution in [3.8, 4) is 0 Å². The number of rotatable bonds is 6. The van der Waals surface area contributed by atoms with E-state index in [0.717, 1.165) is 42.8 Å². The fourth-order valence-corrected chi connectivity index (χ4v) is 6.33. The van der Waals surface area contributed by atoms with Crippen molar-refractivity contribution < 1.29 is 8.42 Å². The first kappa shape index (κ1) is 16.9. The summed E-state index contributed by atoms with van der Waals surface area (Å²) >= 11 is 1.41. The standard InChI is InChI=1S/C15H26N2O2S2/c1-5-8-16-11-13-12(2)10-14(20-13)21(18,19)17-9-6-7-15(17,3)4/h10,16H,5-9,11H2,1-4H3. The molecule has 6 heteroatoms. The molecule has 0 saturated carbocycles. The van der Waals surface area contributed by atoms with Crippen LogP contribution in [-0.4, -0.2) is 31.4 Å². The molecule has 0 aliphatic carbocycles. The summed E-state index contributed by atoms with van der Waals surface area (Å²) in [6.07, 6.45) is 2.96. The van der Waals surface area contributed by atoms with E-state index in [0.29, 0.717) is 10.8 Å². The second kappa shape index (κ2) is 6.36. The molecule has 0 unspecified atom stereocenters. The highest BCUT2D eigenvalue weighted by molar-refractivity contribution is 7.91. The van der Waals surface area contributed by atoms with Crippen LogP contribution < -0.4 is 5.32 Å². The van der Waals surface area contributed by atoms with Crippen molar-refractivity contribution in [2.45, 2.75) is 63.3 Å². The van der Waals surface area contributed by atoms with Gasteiger partial charge in [0.15, 0.2) is 0 Å². The van der Waals surface area contributed by atoms with Crippen LogP contribution in [-0.2, 0) is 16.6 Å². The molecule has 1 N–H and O–H groups in total. The average molecular weight is 331 g/mol. The van der Waals surface area contributed by atoms with Crippen LogP contribution in [0.2, 0.25) is 0 Å². The van der Waals surface area contributed by atoms with Crippen LogP contribution >= 0.6 is 11.3 Å². The Hall–Kier alpha value is -0.430. The first-order valence-corrected chi connectivity index (χ1v) is 9.87. The molecule has 0 radical (unpaired) electrons. The molecule has 0 amide bonds. The van der Waals surface area contributed by atoms with Gasteiger partial charge in [0.05, 0.1) is 0 Å².